The minimum Gasteiger partial charge on any atom is -0.462 e. The van der Waals surface area contributed by atoms with Crippen LogP contribution in [0.3, 0.4) is 0 Å². The van der Waals surface area contributed by atoms with Crippen molar-refractivity contribution in [3.63, 3.8) is 0 Å². The molecule has 1 atom stereocenters. The predicted molar refractivity (Wildman–Crippen MR) is 270 cm³/mol. The maximum Gasteiger partial charge on any atom is 0.333 e. The molecule has 0 bridgehead atoms. The first-order chi connectivity index (χ1) is 32.2. The van der Waals surface area contributed by atoms with Crippen LogP contribution in [0, 0.1) is 0 Å². The van der Waals surface area contributed by atoms with Gasteiger partial charge in [0.05, 0.1) is 40.9 Å². The number of anilines is 2. The van der Waals surface area contributed by atoms with Crippen LogP contribution in [0.4, 0.5) is 34.1 Å². The molecular formula is C53H65N7O6S. The monoisotopic (exact) mass is 927 g/mol. The van der Waals surface area contributed by atoms with Crippen LogP contribution in [0.5, 0.6) is 0 Å². The lowest BCUT2D eigenvalue weighted by Crippen LogP contribution is -2.58. The van der Waals surface area contributed by atoms with E-state index >= 15 is 0 Å². The summed E-state index contributed by atoms with van der Waals surface area (Å²) < 4.78 is 40.0. The Kier molecular flexibility index (Phi) is 17.2. The molecule has 0 amide bonds. The molecule has 0 N–H and O–H groups in total. The summed E-state index contributed by atoms with van der Waals surface area (Å²) in [5.74, 6) is -0.810. The van der Waals surface area contributed by atoms with Gasteiger partial charge in [-0.1, -0.05) is 88.6 Å². The van der Waals surface area contributed by atoms with Crippen LogP contribution in [0.1, 0.15) is 91.9 Å². The molecule has 0 saturated heterocycles. The van der Waals surface area contributed by atoms with E-state index < -0.39 is 22.0 Å². The Morgan fingerprint density at radius 3 is 1.60 bits per heavy atom. The van der Waals surface area contributed by atoms with Crippen molar-refractivity contribution in [1.82, 2.24) is 4.31 Å². The van der Waals surface area contributed by atoms with Gasteiger partial charge in [0.15, 0.2) is 0 Å². The van der Waals surface area contributed by atoms with Crippen molar-refractivity contribution in [3.8, 4) is 0 Å². The van der Waals surface area contributed by atoms with Gasteiger partial charge in [0.2, 0.25) is 10.0 Å². The number of carbonyl (C=O) groups excluding carboxylic acids is 2. The average molecular weight is 928 g/mol. The average Bonchev–Trinajstić information content (AvgIpc) is 3.32. The SMILES string of the molecule is C=C(C)C(=O)OCCCCCCN(CCCCCCOC(=O)C(=C)C)S(=O)(=O)c1ccc(/N=N/c2ccc(/N=N/c3ccc4c5c(cccc35)N(C)C(C)(CCC)N4C)c3ccccc23)cc1. The smallest absolute Gasteiger partial charge is 0.333 e. The highest BCUT2D eigenvalue weighted by atomic mass is 32.2. The minimum atomic E-state index is -3.83. The summed E-state index contributed by atoms with van der Waals surface area (Å²) in [5.41, 5.74) is 5.57. The number of unbranched alkanes of at least 4 members (excludes halogenated alkanes) is 6. The summed E-state index contributed by atoms with van der Waals surface area (Å²) in [6.45, 7) is 16.3. The number of azo groups is 2. The van der Waals surface area contributed by atoms with Crippen molar-refractivity contribution < 1.29 is 27.5 Å². The molecule has 6 rings (SSSR count). The van der Waals surface area contributed by atoms with E-state index in [-0.39, 0.29) is 10.6 Å². The number of esters is 2. The van der Waals surface area contributed by atoms with Gasteiger partial charge in [0.1, 0.15) is 5.66 Å². The first-order valence-corrected chi connectivity index (χ1v) is 24.8. The van der Waals surface area contributed by atoms with Gasteiger partial charge in [-0.2, -0.15) is 9.42 Å². The topological polar surface area (TPSA) is 146 Å². The molecule has 1 aliphatic heterocycles. The number of benzene rings is 5. The van der Waals surface area contributed by atoms with Crippen molar-refractivity contribution in [3.05, 3.63) is 115 Å². The molecule has 1 heterocycles. The summed E-state index contributed by atoms with van der Waals surface area (Å²) in [7, 11) is 0.509. The van der Waals surface area contributed by atoms with Gasteiger partial charge < -0.3 is 19.3 Å². The van der Waals surface area contributed by atoms with Crippen LogP contribution in [0.15, 0.2) is 141 Å². The molecule has 0 aromatic heterocycles. The van der Waals surface area contributed by atoms with E-state index in [1.807, 2.05) is 42.5 Å². The third-order valence-corrected chi connectivity index (χ3v) is 14.4. The van der Waals surface area contributed by atoms with Crippen LogP contribution in [-0.2, 0) is 29.1 Å². The highest BCUT2D eigenvalue weighted by Crippen LogP contribution is 2.48. The molecule has 13 nitrogen and oxygen atoms in total. The Morgan fingerprint density at radius 2 is 1.07 bits per heavy atom. The van der Waals surface area contributed by atoms with Gasteiger partial charge in [0, 0.05) is 71.3 Å². The third-order valence-electron chi connectivity index (χ3n) is 12.5. The van der Waals surface area contributed by atoms with Crippen molar-refractivity contribution >= 4 is 77.6 Å². The molecule has 1 unspecified atom stereocenters. The van der Waals surface area contributed by atoms with Crippen LogP contribution in [0.2, 0.25) is 0 Å². The number of hydrogen-bond acceptors (Lipinski definition) is 12. The number of carbonyl (C=O) groups is 2. The fourth-order valence-electron chi connectivity index (χ4n) is 8.46. The molecule has 0 spiro atoms. The number of ether oxygens (including phenoxy) is 2. The molecule has 0 saturated carbocycles. The molecule has 0 radical (unpaired) electrons. The van der Waals surface area contributed by atoms with Crippen molar-refractivity contribution in [1.29, 1.82) is 0 Å². The van der Waals surface area contributed by atoms with Crippen LogP contribution >= 0.6 is 0 Å². The van der Waals surface area contributed by atoms with Gasteiger partial charge in [-0.05, 0) is 107 Å². The third kappa shape index (κ3) is 12.0. The molecule has 5 aromatic rings. The maximum absolute atomic E-state index is 14.1. The van der Waals surface area contributed by atoms with Gasteiger partial charge in [-0.25, -0.2) is 18.0 Å². The number of nitrogens with zero attached hydrogens (tertiary/aromatic N) is 7. The quantitative estimate of drug-likeness (QED) is 0.0257. The standard InChI is InChI=1S/C53H65N7O6S/c1-9-33-53(6)58(7)48-24-20-23-44-47(31-32-49(50(44)48)59(53)8)57-56-46-30-29-45(42-21-14-15-22-43(42)46)55-54-40-25-27-41(28-26-40)67(63,64)60(34-16-10-12-18-36-65-51(61)38(2)3)35-17-11-13-19-37-66-52(62)39(4)5/h14-15,20-32H,2,4,9-13,16-19,33-37H2,1,3,5-8H3/b55-54+,57-56+. The first-order valence-electron chi connectivity index (χ1n) is 23.3. The van der Waals surface area contributed by atoms with Crippen LogP contribution in [-0.4, -0.2) is 70.7 Å². The zero-order valence-corrected chi connectivity index (χ0v) is 40.8. The van der Waals surface area contributed by atoms with E-state index in [1.165, 1.54) is 11.4 Å². The lowest BCUT2D eigenvalue weighted by atomic mass is 9.93. The maximum atomic E-state index is 14.1. The molecule has 5 aromatic carbocycles. The largest absolute Gasteiger partial charge is 0.462 e. The molecular weight excluding hydrogens is 863 g/mol. The minimum absolute atomic E-state index is 0.147. The lowest BCUT2D eigenvalue weighted by molar-refractivity contribution is -0.139. The number of fused-ring (bicyclic) bond motifs is 1. The van der Waals surface area contributed by atoms with Crippen molar-refractivity contribution in [2.45, 2.75) is 102 Å². The molecule has 0 fully saturated rings. The Hall–Kier alpha value is -6.25. The Balaban J connectivity index is 1.14. The summed E-state index contributed by atoms with van der Waals surface area (Å²) in [6, 6.07) is 28.7. The summed E-state index contributed by atoms with van der Waals surface area (Å²) >= 11 is 0. The second kappa shape index (κ2) is 23.0. The summed E-state index contributed by atoms with van der Waals surface area (Å²) in [4.78, 5) is 28.3. The summed E-state index contributed by atoms with van der Waals surface area (Å²) in [5, 5.41) is 22.6. The molecule has 1 aliphatic rings. The second-order valence-corrected chi connectivity index (χ2v) is 19.4. The Labute approximate surface area is 396 Å². The molecule has 354 valence electrons. The lowest BCUT2D eigenvalue weighted by Gasteiger charge is -2.52. The fraction of sp³-hybridized carbons (Fsp3) is 0.396. The van der Waals surface area contributed by atoms with Crippen molar-refractivity contribution in [2.24, 2.45) is 20.5 Å². The Bertz CT molecular complexity index is 2700. The summed E-state index contributed by atoms with van der Waals surface area (Å²) in [6.07, 6.45) is 7.94. The number of sulfonamides is 1. The predicted octanol–water partition coefficient (Wildman–Crippen LogP) is 13.6. The van der Waals surface area contributed by atoms with Gasteiger partial charge in [0.25, 0.3) is 0 Å². The van der Waals surface area contributed by atoms with Crippen LogP contribution in [0.25, 0.3) is 21.5 Å². The Morgan fingerprint density at radius 1 is 0.612 bits per heavy atom. The van der Waals surface area contributed by atoms with Gasteiger partial charge >= 0.3 is 11.9 Å². The number of hydrogen-bond donors (Lipinski definition) is 0. The molecule has 0 aliphatic carbocycles. The number of rotatable bonds is 24. The van der Waals surface area contributed by atoms with Crippen molar-refractivity contribution in [2.75, 3.05) is 50.2 Å². The zero-order valence-electron chi connectivity index (χ0n) is 40.0. The van der Waals surface area contributed by atoms with E-state index in [9.17, 15) is 18.0 Å². The highest BCUT2D eigenvalue weighted by molar-refractivity contribution is 7.89. The highest BCUT2D eigenvalue weighted by Gasteiger charge is 2.39. The van der Waals surface area contributed by atoms with E-state index in [4.69, 9.17) is 19.7 Å². The first kappa shape index (κ1) is 50.2. The van der Waals surface area contributed by atoms with Gasteiger partial charge in [-0.15, -0.1) is 15.3 Å². The van der Waals surface area contributed by atoms with Crippen LogP contribution < -0.4 is 9.80 Å². The van der Waals surface area contributed by atoms with E-state index in [1.54, 1.807) is 42.4 Å². The van der Waals surface area contributed by atoms with E-state index in [2.05, 4.69) is 85.4 Å². The normalized spacial score (nSPS) is 15.0. The van der Waals surface area contributed by atoms with E-state index in [0.29, 0.717) is 80.2 Å². The van der Waals surface area contributed by atoms with E-state index in [0.717, 1.165) is 65.8 Å². The molecule has 67 heavy (non-hydrogen) atoms. The van der Waals surface area contributed by atoms with Gasteiger partial charge in [-0.3, -0.25) is 0 Å². The fourth-order valence-corrected chi connectivity index (χ4v) is 9.98. The molecule has 14 heteroatoms. The second-order valence-electron chi connectivity index (χ2n) is 17.5. The zero-order chi connectivity index (χ0) is 48.1.